The van der Waals surface area contributed by atoms with Crippen molar-refractivity contribution in [2.24, 2.45) is 0 Å². The summed E-state index contributed by atoms with van der Waals surface area (Å²) >= 11 is 0. The summed E-state index contributed by atoms with van der Waals surface area (Å²) in [6.07, 6.45) is 6.60. The molecule has 0 unspecified atom stereocenters. The number of hydrogen-bond donors (Lipinski definition) is 1. The first-order valence-corrected chi connectivity index (χ1v) is 5.26. The van der Waals surface area contributed by atoms with Gasteiger partial charge in [0.1, 0.15) is 0 Å². The molecule has 3 nitrogen and oxygen atoms in total. The Morgan fingerprint density at radius 3 is 2.73 bits per heavy atom. The highest BCUT2D eigenvalue weighted by Crippen LogP contribution is 2.28. The first-order chi connectivity index (χ1) is 7.15. The molecule has 0 atom stereocenters. The van der Waals surface area contributed by atoms with Crippen LogP contribution < -0.4 is 0 Å². The van der Waals surface area contributed by atoms with Gasteiger partial charge < -0.3 is 5.11 Å². The van der Waals surface area contributed by atoms with Crippen molar-refractivity contribution in [3.63, 3.8) is 0 Å². The second kappa shape index (κ2) is 5.49. The first kappa shape index (κ1) is 11.7. The van der Waals surface area contributed by atoms with Gasteiger partial charge in [-0.1, -0.05) is 24.6 Å². The van der Waals surface area contributed by atoms with E-state index in [2.05, 4.69) is 0 Å². The van der Waals surface area contributed by atoms with Crippen molar-refractivity contribution in [3.8, 4) is 0 Å². The molecule has 0 aromatic rings. The Morgan fingerprint density at radius 2 is 2.13 bits per heavy atom. The third kappa shape index (κ3) is 3.35. The van der Waals surface area contributed by atoms with Crippen molar-refractivity contribution in [3.05, 3.63) is 23.3 Å². The van der Waals surface area contributed by atoms with Gasteiger partial charge in [0.25, 0.3) is 0 Å². The Balaban J connectivity index is 2.72. The highest BCUT2D eigenvalue weighted by molar-refractivity contribution is 5.99. The molecule has 0 aromatic carbocycles. The van der Waals surface area contributed by atoms with Gasteiger partial charge in [-0.05, 0) is 24.8 Å². The number of rotatable bonds is 5. The number of carboxylic acid groups (broad SMARTS) is 1. The van der Waals surface area contributed by atoms with Gasteiger partial charge in [0.15, 0.2) is 5.78 Å². The lowest BCUT2D eigenvalue weighted by Crippen LogP contribution is -1.99. The van der Waals surface area contributed by atoms with Crippen LogP contribution in [0.2, 0.25) is 0 Å². The van der Waals surface area contributed by atoms with Crippen LogP contribution in [-0.4, -0.2) is 16.9 Å². The minimum Gasteiger partial charge on any atom is -0.481 e. The molecule has 0 bridgehead atoms. The minimum absolute atomic E-state index is 0.0149. The van der Waals surface area contributed by atoms with Crippen molar-refractivity contribution in [2.75, 3.05) is 0 Å². The van der Waals surface area contributed by atoms with Gasteiger partial charge >= 0.3 is 5.97 Å². The Kier molecular flexibility index (Phi) is 4.28. The molecule has 15 heavy (non-hydrogen) atoms. The number of carboxylic acids is 1. The van der Waals surface area contributed by atoms with Crippen LogP contribution in [0.1, 0.15) is 39.0 Å². The van der Waals surface area contributed by atoms with E-state index in [-0.39, 0.29) is 12.2 Å². The second-order valence-electron chi connectivity index (χ2n) is 3.66. The third-order valence-electron chi connectivity index (χ3n) is 2.51. The van der Waals surface area contributed by atoms with Crippen LogP contribution in [0.3, 0.4) is 0 Å². The average molecular weight is 208 g/mol. The van der Waals surface area contributed by atoms with E-state index in [1.165, 1.54) is 0 Å². The summed E-state index contributed by atoms with van der Waals surface area (Å²) in [7, 11) is 0. The maximum Gasteiger partial charge on any atom is 0.307 e. The fraction of sp³-hybridized carbons (Fsp3) is 0.500. The predicted molar refractivity (Wildman–Crippen MR) is 57.6 cm³/mol. The van der Waals surface area contributed by atoms with Crippen molar-refractivity contribution in [1.29, 1.82) is 0 Å². The summed E-state index contributed by atoms with van der Waals surface area (Å²) in [6, 6.07) is 0. The lowest BCUT2D eigenvalue weighted by molar-refractivity contribution is -0.136. The number of hydrogen-bond acceptors (Lipinski definition) is 2. The van der Waals surface area contributed by atoms with Crippen LogP contribution in [0.5, 0.6) is 0 Å². The zero-order valence-electron chi connectivity index (χ0n) is 8.95. The number of aliphatic carboxylic acids is 1. The van der Waals surface area contributed by atoms with E-state index in [9.17, 15) is 9.59 Å². The lowest BCUT2D eigenvalue weighted by Gasteiger charge is -2.00. The van der Waals surface area contributed by atoms with Gasteiger partial charge in [0, 0.05) is 6.42 Å². The van der Waals surface area contributed by atoms with Crippen molar-refractivity contribution in [1.82, 2.24) is 0 Å². The molecule has 82 valence electrons. The van der Waals surface area contributed by atoms with E-state index in [1.807, 2.05) is 19.1 Å². The summed E-state index contributed by atoms with van der Waals surface area (Å²) in [5, 5.41) is 8.69. The highest BCUT2D eigenvalue weighted by Gasteiger charge is 2.22. The molecule has 0 aliphatic heterocycles. The van der Waals surface area contributed by atoms with E-state index >= 15 is 0 Å². The van der Waals surface area contributed by atoms with E-state index < -0.39 is 5.97 Å². The fourth-order valence-corrected chi connectivity index (χ4v) is 1.77. The standard InChI is InChI=1S/C12H16O3/c1-2-3-4-5-10-9(8-12(14)15)6-7-11(10)13/h3-4H,2,5-8H2,1H3,(H,14,15). The fourth-order valence-electron chi connectivity index (χ4n) is 1.77. The van der Waals surface area contributed by atoms with E-state index in [0.29, 0.717) is 19.3 Å². The quantitative estimate of drug-likeness (QED) is 0.706. The lowest BCUT2D eigenvalue weighted by atomic mass is 10.0. The second-order valence-corrected chi connectivity index (χ2v) is 3.66. The molecule has 1 N–H and O–H groups in total. The summed E-state index contributed by atoms with van der Waals surface area (Å²) in [5.74, 6) is -0.733. The van der Waals surface area contributed by atoms with Crippen molar-refractivity contribution in [2.45, 2.75) is 39.0 Å². The van der Waals surface area contributed by atoms with Gasteiger partial charge in [0.05, 0.1) is 6.42 Å². The normalized spacial score (nSPS) is 16.7. The monoisotopic (exact) mass is 208 g/mol. The van der Waals surface area contributed by atoms with Crippen LogP contribution in [0.4, 0.5) is 0 Å². The van der Waals surface area contributed by atoms with Gasteiger partial charge in [-0.25, -0.2) is 0 Å². The summed E-state index contributed by atoms with van der Waals surface area (Å²) in [5.41, 5.74) is 1.54. The molecule has 3 heteroatoms. The van der Waals surface area contributed by atoms with Crippen LogP contribution in [0.25, 0.3) is 0 Å². The molecule has 0 fully saturated rings. The van der Waals surface area contributed by atoms with Crippen LogP contribution in [-0.2, 0) is 9.59 Å². The zero-order chi connectivity index (χ0) is 11.3. The molecule has 0 aromatic heterocycles. The third-order valence-corrected chi connectivity index (χ3v) is 2.51. The van der Waals surface area contributed by atoms with Gasteiger partial charge in [-0.2, -0.15) is 0 Å². The number of Topliss-reactive ketones (excluding diaryl/α,β-unsaturated/α-hetero) is 1. The first-order valence-electron chi connectivity index (χ1n) is 5.26. The minimum atomic E-state index is -0.850. The van der Waals surface area contributed by atoms with Crippen molar-refractivity contribution < 1.29 is 14.7 Å². The predicted octanol–water partition coefficient (Wildman–Crippen LogP) is 2.48. The average Bonchev–Trinajstić information content (AvgIpc) is 2.49. The highest BCUT2D eigenvalue weighted by atomic mass is 16.4. The van der Waals surface area contributed by atoms with E-state index in [0.717, 1.165) is 17.6 Å². The van der Waals surface area contributed by atoms with Crippen LogP contribution >= 0.6 is 0 Å². The molecule has 1 aliphatic carbocycles. The molecule has 0 amide bonds. The number of carbonyl (C=O) groups excluding carboxylic acids is 1. The zero-order valence-corrected chi connectivity index (χ0v) is 8.95. The van der Waals surface area contributed by atoms with Crippen LogP contribution in [0.15, 0.2) is 23.3 Å². The molecule has 0 heterocycles. The van der Waals surface area contributed by atoms with Gasteiger partial charge in [-0.3, -0.25) is 9.59 Å². The molecule has 1 aliphatic rings. The Hall–Kier alpha value is -1.38. The SMILES string of the molecule is CCC=CCC1=C(CC(=O)O)CCC1=O. The molecule has 0 saturated carbocycles. The van der Waals surface area contributed by atoms with E-state index in [1.54, 1.807) is 0 Å². The molecule has 1 rings (SSSR count). The summed E-state index contributed by atoms with van der Waals surface area (Å²) in [4.78, 5) is 22.0. The Bertz CT molecular complexity index is 324. The van der Waals surface area contributed by atoms with Crippen molar-refractivity contribution >= 4 is 11.8 Å². The largest absolute Gasteiger partial charge is 0.481 e. The number of carbonyl (C=O) groups is 2. The van der Waals surface area contributed by atoms with Gasteiger partial charge in [0.2, 0.25) is 0 Å². The molecular formula is C12H16O3. The molecular weight excluding hydrogens is 192 g/mol. The molecule has 0 radical (unpaired) electrons. The molecule has 0 saturated heterocycles. The number of allylic oxidation sites excluding steroid dienone is 3. The maximum absolute atomic E-state index is 11.5. The summed E-state index contributed by atoms with van der Waals surface area (Å²) in [6.45, 7) is 2.03. The Labute approximate surface area is 89.5 Å². The summed E-state index contributed by atoms with van der Waals surface area (Å²) < 4.78 is 0. The number of ketones is 1. The smallest absolute Gasteiger partial charge is 0.307 e. The van der Waals surface area contributed by atoms with Gasteiger partial charge in [-0.15, -0.1) is 0 Å². The topological polar surface area (TPSA) is 54.4 Å². The maximum atomic E-state index is 11.5. The molecule has 0 spiro atoms. The van der Waals surface area contributed by atoms with Crippen LogP contribution in [0, 0.1) is 0 Å². The van der Waals surface area contributed by atoms with E-state index in [4.69, 9.17) is 5.11 Å². The Morgan fingerprint density at radius 1 is 1.40 bits per heavy atom.